The normalized spacial score (nSPS) is 14.8. The number of thioether (sulfide) groups is 1. The number of ether oxygens (including phenoxy) is 1. The minimum Gasteiger partial charge on any atom is -0.497 e. The fourth-order valence-electron chi connectivity index (χ4n) is 3.70. The molecular formula is C23H28N4OS. The molecule has 0 N–H and O–H groups in total. The maximum atomic E-state index is 5.24. The first-order chi connectivity index (χ1) is 14.3. The molecule has 1 saturated heterocycles. The van der Waals surface area contributed by atoms with Gasteiger partial charge in [-0.1, -0.05) is 48.5 Å². The van der Waals surface area contributed by atoms with Crippen LogP contribution in [-0.2, 0) is 13.0 Å². The van der Waals surface area contributed by atoms with Crippen molar-refractivity contribution >= 4 is 11.8 Å². The average Bonchev–Trinajstić information content (AvgIpc) is 3.18. The highest BCUT2D eigenvalue weighted by Crippen LogP contribution is 2.24. The summed E-state index contributed by atoms with van der Waals surface area (Å²) < 4.78 is 7.47. The quantitative estimate of drug-likeness (QED) is 0.510. The van der Waals surface area contributed by atoms with Crippen molar-refractivity contribution in [2.45, 2.75) is 37.4 Å². The van der Waals surface area contributed by atoms with E-state index >= 15 is 0 Å². The Bertz CT molecular complexity index is 889. The van der Waals surface area contributed by atoms with Gasteiger partial charge in [-0.05, 0) is 62.2 Å². The highest BCUT2D eigenvalue weighted by atomic mass is 32.2. The highest BCUT2D eigenvalue weighted by Gasteiger charge is 2.18. The summed E-state index contributed by atoms with van der Waals surface area (Å²) in [6, 6.07) is 18.8. The van der Waals surface area contributed by atoms with Gasteiger partial charge in [0.25, 0.3) is 0 Å². The van der Waals surface area contributed by atoms with Crippen LogP contribution in [0.3, 0.4) is 0 Å². The first kappa shape index (κ1) is 20.0. The molecule has 2 aromatic carbocycles. The molecule has 0 spiro atoms. The minimum atomic E-state index is 0.862. The number of piperidine rings is 1. The molecule has 6 heteroatoms. The van der Waals surface area contributed by atoms with Crippen molar-refractivity contribution in [1.82, 2.24) is 19.7 Å². The van der Waals surface area contributed by atoms with Gasteiger partial charge in [-0.15, -0.1) is 10.2 Å². The summed E-state index contributed by atoms with van der Waals surface area (Å²) in [5.41, 5.74) is 2.44. The highest BCUT2D eigenvalue weighted by molar-refractivity contribution is 7.99. The van der Waals surface area contributed by atoms with Crippen LogP contribution in [0.2, 0.25) is 0 Å². The van der Waals surface area contributed by atoms with Gasteiger partial charge in [0.1, 0.15) is 5.75 Å². The summed E-state index contributed by atoms with van der Waals surface area (Å²) in [7, 11) is 1.70. The van der Waals surface area contributed by atoms with Crippen molar-refractivity contribution < 1.29 is 4.74 Å². The number of nitrogens with zero attached hydrogens (tertiary/aromatic N) is 4. The van der Waals surface area contributed by atoms with Gasteiger partial charge in [0.2, 0.25) is 0 Å². The first-order valence-corrected chi connectivity index (χ1v) is 11.3. The molecule has 2 heterocycles. The van der Waals surface area contributed by atoms with Crippen molar-refractivity contribution in [2.24, 2.45) is 0 Å². The summed E-state index contributed by atoms with van der Waals surface area (Å²) in [6.07, 6.45) is 4.89. The van der Waals surface area contributed by atoms with Crippen molar-refractivity contribution in [1.29, 1.82) is 0 Å². The molecule has 0 unspecified atom stereocenters. The topological polar surface area (TPSA) is 43.2 Å². The molecule has 1 aromatic heterocycles. The van der Waals surface area contributed by atoms with E-state index in [1.165, 1.54) is 24.8 Å². The lowest BCUT2D eigenvalue weighted by Gasteiger charge is -2.26. The maximum absolute atomic E-state index is 5.24. The molecule has 0 atom stereocenters. The molecular weight excluding hydrogens is 380 g/mol. The third-order valence-electron chi connectivity index (χ3n) is 5.31. The van der Waals surface area contributed by atoms with E-state index in [1.54, 1.807) is 18.9 Å². The molecule has 1 aliphatic rings. The predicted molar refractivity (Wildman–Crippen MR) is 118 cm³/mol. The largest absolute Gasteiger partial charge is 0.497 e. The second kappa shape index (κ2) is 9.94. The smallest absolute Gasteiger partial charge is 0.195 e. The summed E-state index contributed by atoms with van der Waals surface area (Å²) in [6.45, 7) is 3.17. The van der Waals surface area contributed by atoms with E-state index in [4.69, 9.17) is 4.74 Å². The predicted octanol–water partition coefficient (Wildman–Crippen LogP) is 4.60. The molecule has 4 rings (SSSR count). The van der Waals surface area contributed by atoms with Gasteiger partial charge in [-0.25, -0.2) is 0 Å². The number of aryl methyl sites for hydroxylation is 1. The molecule has 0 bridgehead atoms. The van der Waals surface area contributed by atoms with Gasteiger partial charge >= 0.3 is 0 Å². The fourth-order valence-corrected chi connectivity index (χ4v) is 4.66. The van der Waals surface area contributed by atoms with Crippen molar-refractivity contribution in [3.8, 4) is 11.4 Å². The molecule has 29 heavy (non-hydrogen) atoms. The number of benzene rings is 2. The van der Waals surface area contributed by atoms with E-state index in [0.717, 1.165) is 54.2 Å². The van der Waals surface area contributed by atoms with Crippen LogP contribution in [-0.4, -0.2) is 45.6 Å². The van der Waals surface area contributed by atoms with Crippen LogP contribution in [0.15, 0.2) is 59.8 Å². The fraction of sp³-hybridized carbons (Fsp3) is 0.391. The van der Waals surface area contributed by atoms with Crippen molar-refractivity contribution in [2.75, 3.05) is 26.0 Å². The molecule has 152 valence electrons. The van der Waals surface area contributed by atoms with Crippen LogP contribution in [0.25, 0.3) is 5.69 Å². The zero-order valence-electron chi connectivity index (χ0n) is 17.0. The van der Waals surface area contributed by atoms with Gasteiger partial charge in [-0.3, -0.25) is 9.47 Å². The zero-order valence-corrected chi connectivity index (χ0v) is 17.8. The van der Waals surface area contributed by atoms with E-state index in [9.17, 15) is 0 Å². The van der Waals surface area contributed by atoms with Crippen LogP contribution >= 0.6 is 11.8 Å². The SMILES string of the molecule is COc1ccc(CCSc2nnc(CN3CCCCC3)n2-c2ccccc2)cc1. The molecule has 1 fully saturated rings. The first-order valence-electron chi connectivity index (χ1n) is 10.3. The minimum absolute atomic E-state index is 0.862. The van der Waals surface area contributed by atoms with Crippen LogP contribution in [0, 0.1) is 0 Å². The maximum Gasteiger partial charge on any atom is 0.195 e. The zero-order chi connectivity index (χ0) is 19.9. The molecule has 0 amide bonds. The number of hydrogen-bond acceptors (Lipinski definition) is 5. The Morgan fingerprint density at radius 3 is 2.41 bits per heavy atom. The second-order valence-corrected chi connectivity index (χ2v) is 8.42. The van der Waals surface area contributed by atoms with E-state index in [0.29, 0.717) is 0 Å². The van der Waals surface area contributed by atoms with Gasteiger partial charge < -0.3 is 4.74 Å². The average molecular weight is 409 g/mol. The van der Waals surface area contributed by atoms with Crippen LogP contribution in [0.4, 0.5) is 0 Å². The Kier molecular flexibility index (Phi) is 6.85. The Morgan fingerprint density at radius 1 is 0.931 bits per heavy atom. The van der Waals surface area contributed by atoms with Gasteiger partial charge in [0, 0.05) is 11.4 Å². The standard InChI is InChI=1S/C23H28N4OS/c1-28-21-12-10-19(11-13-21)14-17-29-23-25-24-22(18-26-15-6-3-7-16-26)27(23)20-8-4-2-5-9-20/h2,4-5,8-13H,3,6-7,14-18H2,1H3. The van der Waals surface area contributed by atoms with Crippen molar-refractivity contribution in [3.63, 3.8) is 0 Å². The second-order valence-electron chi connectivity index (χ2n) is 7.35. The number of likely N-dealkylation sites (tertiary alicyclic amines) is 1. The number of rotatable bonds is 8. The van der Waals surface area contributed by atoms with Crippen molar-refractivity contribution in [3.05, 3.63) is 66.0 Å². The number of aromatic nitrogens is 3. The van der Waals surface area contributed by atoms with E-state index in [2.05, 4.69) is 62.1 Å². The lowest BCUT2D eigenvalue weighted by atomic mass is 10.1. The molecule has 3 aromatic rings. The summed E-state index contributed by atoms with van der Waals surface area (Å²) in [5.74, 6) is 2.89. The summed E-state index contributed by atoms with van der Waals surface area (Å²) >= 11 is 1.77. The Balaban J connectivity index is 1.48. The molecule has 5 nitrogen and oxygen atoms in total. The Hall–Kier alpha value is -2.31. The molecule has 0 saturated carbocycles. The van der Waals surface area contributed by atoms with E-state index < -0.39 is 0 Å². The van der Waals surface area contributed by atoms with E-state index in [1.807, 2.05) is 12.1 Å². The summed E-state index contributed by atoms with van der Waals surface area (Å²) in [5, 5.41) is 10.1. The van der Waals surface area contributed by atoms with Gasteiger partial charge in [0.05, 0.1) is 13.7 Å². The Labute approximate surface area is 177 Å². The van der Waals surface area contributed by atoms with Crippen LogP contribution in [0.5, 0.6) is 5.75 Å². The molecule has 1 aliphatic heterocycles. The van der Waals surface area contributed by atoms with E-state index in [-0.39, 0.29) is 0 Å². The Morgan fingerprint density at radius 2 is 1.69 bits per heavy atom. The third-order valence-corrected chi connectivity index (χ3v) is 6.24. The van der Waals surface area contributed by atoms with Crippen LogP contribution < -0.4 is 4.74 Å². The van der Waals surface area contributed by atoms with Gasteiger partial charge in [-0.2, -0.15) is 0 Å². The monoisotopic (exact) mass is 408 g/mol. The lowest BCUT2D eigenvalue weighted by Crippen LogP contribution is -2.30. The van der Waals surface area contributed by atoms with Crippen LogP contribution in [0.1, 0.15) is 30.7 Å². The third kappa shape index (κ3) is 5.19. The number of methoxy groups -OCH3 is 1. The van der Waals surface area contributed by atoms with Gasteiger partial charge in [0.15, 0.2) is 11.0 Å². The number of para-hydroxylation sites is 1. The summed E-state index contributed by atoms with van der Waals surface area (Å²) in [4.78, 5) is 2.50. The number of hydrogen-bond donors (Lipinski definition) is 0. The molecule has 0 radical (unpaired) electrons. The molecule has 0 aliphatic carbocycles. The lowest BCUT2D eigenvalue weighted by molar-refractivity contribution is 0.214.